The maximum Gasteiger partial charge on any atom is 0.404 e. The number of aliphatic hydroxyl groups is 11. The van der Waals surface area contributed by atoms with Gasteiger partial charge >= 0.3 is 6.09 Å². The Bertz CT molecular complexity index is 3860. The van der Waals surface area contributed by atoms with Crippen LogP contribution in [0.25, 0.3) is 10.7 Å². The number of primary amides is 3. The highest BCUT2D eigenvalue weighted by atomic mass is 32.1. The van der Waals surface area contributed by atoms with E-state index in [1.807, 2.05) is 0 Å². The minimum Gasteiger partial charge on any atom is -0.441 e. The molecule has 636 valence electrons. The lowest BCUT2D eigenvalue weighted by molar-refractivity contribution is -0.372. The van der Waals surface area contributed by atoms with Gasteiger partial charge in [0.05, 0.1) is 80.3 Å². The molecule has 48 nitrogen and oxygen atoms in total. The number of hydrogen-bond donors (Lipinski definition) is 27. The summed E-state index contributed by atoms with van der Waals surface area (Å²) in [5.74, 6) is -8.68. The molecule has 7 heterocycles. The van der Waals surface area contributed by atoms with Crippen LogP contribution in [0.2, 0.25) is 0 Å². The van der Waals surface area contributed by atoms with Crippen molar-refractivity contribution in [3.8, 4) is 10.7 Å². The molecule has 3 fully saturated rings. The number of thiazole rings is 2. The van der Waals surface area contributed by atoms with Crippen LogP contribution >= 0.6 is 22.7 Å². The van der Waals surface area contributed by atoms with Crippen LogP contribution in [0.3, 0.4) is 0 Å². The van der Waals surface area contributed by atoms with Gasteiger partial charge in [0.15, 0.2) is 37.3 Å². The molecule has 0 saturated carbocycles. The van der Waals surface area contributed by atoms with Gasteiger partial charge in [-0.2, -0.15) is 0 Å². The van der Waals surface area contributed by atoms with E-state index in [9.17, 15) is 89.7 Å². The van der Waals surface area contributed by atoms with Gasteiger partial charge in [0.1, 0.15) is 112 Å². The van der Waals surface area contributed by atoms with E-state index in [-0.39, 0.29) is 51.5 Å². The summed E-state index contributed by atoms with van der Waals surface area (Å²) in [6, 6.07) is -10.2. The molecule has 35 N–H and O–H groups in total. The number of nitrogens with two attached hydrogens (primary N) is 8. The van der Waals surface area contributed by atoms with Crippen molar-refractivity contribution in [1.82, 2.24) is 67.1 Å². The zero-order valence-corrected chi connectivity index (χ0v) is 63.6. The number of H-pyrrole nitrogens is 1. The van der Waals surface area contributed by atoms with Gasteiger partial charge in [-0.3, -0.25) is 38.4 Å². The Labute approximate surface area is 656 Å². The Balaban J connectivity index is 1.14. The van der Waals surface area contributed by atoms with Crippen molar-refractivity contribution in [1.29, 1.82) is 0 Å². The largest absolute Gasteiger partial charge is 0.441 e. The number of aliphatic hydroxyl groups excluding tert-OH is 11. The average molecular weight is 1660 g/mol. The van der Waals surface area contributed by atoms with Crippen LogP contribution in [-0.2, 0) is 61.9 Å². The number of aromatic nitrogens is 6. The van der Waals surface area contributed by atoms with Gasteiger partial charge in [-0.25, -0.2) is 29.7 Å². The Morgan fingerprint density at radius 2 is 1.38 bits per heavy atom. The first-order chi connectivity index (χ1) is 53.9. The lowest BCUT2D eigenvalue weighted by Crippen LogP contribution is -2.65. The molecule has 114 heavy (non-hydrogen) atoms. The van der Waals surface area contributed by atoms with Crippen molar-refractivity contribution in [3.05, 3.63) is 56.8 Å². The number of rotatable bonds is 42. The minimum absolute atomic E-state index is 0.00593. The molecule has 4 aromatic rings. The molecule has 3 aliphatic rings. The van der Waals surface area contributed by atoms with Crippen molar-refractivity contribution in [2.75, 3.05) is 45.1 Å². The average Bonchev–Trinajstić information content (AvgIpc) is 0.918. The Morgan fingerprint density at radius 1 is 0.702 bits per heavy atom. The van der Waals surface area contributed by atoms with Crippen molar-refractivity contribution in [3.63, 3.8) is 0 Å². The fourth-order valence-electron chi connectivity index (χ4n) is 11.7. The molecule has 18 unspecified atom stereocenters. The van der Waals surface area contributed by atoms with Crippen molar-refractivity contribution < 1.29 is 132 Å². The first-order valence-electron chi connectivity index (χ1n) is 35.7. The fraction of sp³-hybridized carbons (Fsp3) is 0.656. The molecule has 0 aliphatic carbocycles. The summed E-state index contributed by atoms with van der Waals surface area (Å²) in [6.07, 6.45) is -36.5. The van der Waals surface area contributed by atoms with Crippen LogP contribution in [0.15, 0.2) is 23.3 Å². The van der Waals surface area contributed by atoms with Crippen LogP contribution in [0.1, 0.15) is 121 Å². The zero-order chi connectivity index (χ0) is 84.3. The van der Waals surface area contributed by atoms with Gasteiger partial charge in [0, 0.05) is 54.8 Å². The van der Waals surface area contributed by atoms with Crippen molar-refractivity contribution >= 4 is 81.8 Å². The number of imidazole rings is 1. The lowest BCUT2D eigenvalue weighted by Gasteiger charge is -2.47. The molecule has 9 amide bonds. The zero-order valence-electron chi connectivity index (χ0n) is 61.9. The third kappa shape index (κ3) is 24.8. The topological polar surface area (TPSA) is 813 Å². The normalized spacial score (nSPS) is 26.6. The maximum atomic E-state index is 15.3. The summed E-state index contributed by atoms with van der Waals surface area (Å²) in [5.41, 5.74) is 44.9. The summed E-state index contributed by atoms with van der Waals surface area (Å²) in [6.45, 7) is 3.46. The second-order valence-electron chi connectivity index (χ2n) is 27.1. The molecule has 4 aromatic heterocycles. The maximum absolute atomic E-state index is 15.3. The molecule has 3 aliphatic heterocycles. The van der Waals surface area contributed by atoms with Gasteiger partial charge in [0.2, 0.25) is 35.4 Å². The second kappa shape index (κ2) is 42.9. The summed E-state index contributed by atoms with van der Waals surface area (Å²) >= 11 is 1.83. The Kier molecular flexibility index (Phi) is 34.9. The van der Waals surface area contributed by atoms with Crippen LogP contribution in [-0.4, -0.2) is 320 Å². The number of aromatic amines is 1. The number of anilines is 1. The predicted octanol–water partition coefficient (Wildman–Crippen LogP) is -11.6. The highest BCUT2D eigenvalue weighted by molar-refractivity contribution is 7.14. The number of hydrogen-bond acceptors (Lipinski definition) is 40. The molecule has 0 aromatic carbocycles. The number of nitrogens with zero attached hydrogens (tertiary/aromatic N) is 5. The van der Waals surface area contributed by atoms with Crippen LogP contribution in [0.5, 0.6) is 0 Å². The van der Waals surface area contributed by atoms with E-state index in [4.69, 9.17) is 79.0 Å². The van der Waals surface area contributed by atoms with E-state index < -0.39 is 256 Å². The molecular formula is C64H101N21O27S2. The predicted molar refractivity (Wildman–Crippen MR) is 390 cm³/mol. The van der Waals surface area contributed by atoms with E-state index in [0.717, 1.165) is 49.0 Å². The molecular weight excluding hydrogens is 1560 g/mol. The molecule has 3 saturated heterocycles. The standard InChI is InChI=1S/C64H101N21O27S2/c1-21-38(82-53(84-51(21)70)27(12-34(68)90)76-14-26(67)52(71)100)55(102)83-40(48(28-15-73-20-77-28)109-63-50(44(96)41(93)32(16-86)108-63)110-62-46(98)49(111-64(72)105)42(94)33(17-87)107-62)57(104)78-22(2)31(89)13-36(92)81-39(23(3)88)56(103)85-58(112-61-45(97)43(95)37(69)24(4)106-61)47(99)60-80-30(19-114-60)59-79-29(18-113-59)54(101)75-9-5-7-25(66)11-35(91)74-10-6-8-65/h15,18-20,22-27,31-33,37,39-50,58,61-63,76,86-89,93-99H,5-14,16-17,65-67,69H2,1-4H3,(H2,68,90)(H2,71,100)(H2,72,105)(H,73,77)(H,74,91)(H,75,101)(H,78,104)(H,81,92)(H,83,102)(H,85,103)(H2,70,82,84)/t22-,23-,24?,25?,26+,27+,31+,32?,33?,37?,39+,40+,41?,42?,43?,44?,45?,46?,47?,48+,49?,50?,58?,61?,62?,63?/m1/s1. The van der Waals surface area contributed by atoms with Gasteiger partial charge in [-0.1, -0.05) is 0 Å². The van der Waals surface area contributed by atoms with Crippen LogP contribution in [0, 0.1) is 6.92 Å². The van der Waals surface area contributed by atoms with Gasteiger partial charge in [0.25, 0.3) is 11.8 Å². The third-order valence-electron chi connectivity index (χ3n) is 18.4. The first kappa shape index (κ1) is 92.7. The summed E-state index contributed by atoms with van der Waals surface area (Å²) in [7, 11) is 0. The van der Waals surface area contributed by atoms with E-state index in [1.165, 1.54) is 24.6 Å². The van der Waals surface area contributed by atoms with Gasteiger partial charge in [-0.05, 0) is 53.5 Å². The number of ether oxygens (including phenoxy) is 7. The van der Waals surface area contributed by atoms with Crippen LogP contribution in [0.4, 0.5) is 10.6 Å². The smallest absolute Gasteiger partial charge is 0.404 e. The Morgan fingerprint density at radius 3 is 2.02 bits per heavy atom. The van der Waals surface area contributed by atoms with E-state index in [0.29, 0.717) is 32.4 Å². The molecule has 26 atom stereocenters. The SMILES string of the molecule is Cc1c(N)nc([C@H](CC(N)=O)NC[C@H](N)C(N)=O)nc1C(=O)N[C@H](C(=O)N[C@H](C)[C@@H](O)CC(=O)N[C@H](C(=O)NC(OC1OC(C)C(N)C(O)C1O)C(O)c1nc(-c2nc(C(=O)NCCCC(N)CC(=O)NCCCN)cs2)cs1)[C@@H](C)O)[C@@H](OC1OC(CO)C(O)C(O)C1OC1OC(CO)C(O)C(OC(N)=O)C1O)c1cnc[nH]1. The molecule has 50 heteroatoms. The van der Waals surface area contributed by atoms with E-state index >= 15 is 9.59 Å². The quantitative estimate of drug-likeness (QED) is 0.0145. The van der Waals surface area contributed by atoms with Crippen molar-refractivity contribution in [2.45, 2.75) is 225 Å². The van der Waals surface area contributed by atoms with Gasteiger partial charge in [-0.15, -0.1) is 22.7 Å². The highest BCUT2D eigenvalue weighted by Crippen LogP contribution is 2.36. The molecule has 0 spiro atoms. The monoisotopic (exact) mass is 1660 g/mol. The van der Waals surface area contributed by atoms with Crippen molar-refractivity contribution in [2.24, 2.45) is 40.1 Å². The summed E-state index contributed by atoms with van der Waals surface area (Å²) in [4.78, 5) is 144. The Hall–Kier alpha value is -8.50. The highest BCUT2D eigenvalue weighted by Gasteiger charge is 2.54. The minimum atomic E-state index is -2.27. The number of amides is 9. The van der Waals surface area contributed by atoms with E-state index in [2.05, 4.69) is 67.1 Å². The summed E-state index contributed by atoms with van der Waals surface area (Å²) in [5, 5.41) is 143. The van der Waals surface area contributed by atoms with Crippen LogP contribution < -0.4 is 83.1 Å². The summed E-state index contributed by atoms with van der Waals surface area (Å²) < 4.78 is 40.4. The lowest BCUT2D eigenvalue weighted by atomic mass is 9.97. The number of nitrogen functional groups attached to an aromatic ring is 1. The molecule has 0 bridgehead atoms. The third-order valence-corrected chi connectivity index (χ3v) is 20.1. The first-order valence-corrected chi connectivity index (χ1v) is 37.4. The van der Waals surface area contributed by atoms with E-state index in [1.54, 1.807) is 0 Å². The molecule has 7 rings (SSSR count). The number of carbonyl (C=O) groups excluding carboxylic acids is 9. The van der Waals surface area contributed by atoms with Gasteiger partial charge < -0.3 is 177 Å². The number of carbonyl (C=O) groups is 9. The number of nitrogens with one attached hydrogen (secondary N) is 8. The second-order valence-corrected chi connectivity index (χ2v) is 28.9. The molecule has 0 radical (unpaired) electrons. The fourth-order valence-corrected chi connectivity index (χ4v) is 13.4.